The summed E-state index contributed by atoms with van der Waals surface area (Å²) >= 11 is 1.63. The molecule has 24 heavy (non-hydrogen) atoms. The molecule has 0 atom stereocenters. The minimum atomic E-state index is -0.452. The molecular weight excluding hydrogens is 324 g/mol. The number of hydrogen-bond donors (Lipinski definition) is 0. The van der Waals surface area contributed by atoms with Gasteiger partial charge in [0, 0.05) is 45.1 Å². The van der Waals surface area contributed by atoms with Crippen LogP contribution in [0.2, 0.25) is 0 Å². The molecule has 7 heteroatoms. The first-order chi connectivity index (χ1) is 11.3. The lowest BCUT2D eigenvalue weighted by molar-refractivity contribution is 0.0148. The zero-order valence-corrected chi connectivity index (χ0v) is 16.1. The minimum absolute atomic E-state index is 0.234. The van der Waals surface area contributed by atoms with Crippen LogP contribution in [0.15, 0.2) is 17.4 Å². The maximum Gasteiger partial charge on any atom is 0.410 e. The van der Waals surface area contributed by atoms with Crippen molar-refractivity contribution < 1.29 is 9.53 Å². The molecule has 0 unspecified atom stereocenters. The van der Waals surface area contributed by atoms with Crippen LogP contribution in [0.4, 0.5) is 4.79 Å². The number of hydrogen-bond acceptors (Lipinski definition) is 6. The second-order valence-electron chi connectivity index (χ2n) is 7.11. The number of carbonyl (C=O) groups excluding carboxylic acids is 1. The van der Waals surface area contributed by atoms with Gasteiger partial charge in [-0.1, -0.05) is 0 Å². The van der Waals surface area contributed by atoms with E-state index in [1.807, 2.05) is 34.1 Å². The summed E-state index contributed by atoms with van der Waals surface area (Å²) in [6, 6.07) is 0.234. The van der Waals surface area contributed by atoms with Gasteiger partial charge in [0.15, 0.2) is 0 Å². The molecule has 1 aromatic rings. The van der Waals surface area contributed by atoms with Gasteiger partial charge in [-0.25, -0.2) is 9.78 Å². The zero-order valence-electron chi connectivity index (χ0n) is 15.3. The van der Waals surface area contributed by atoms with Crippen LogP contribution in [0.1, 0.15) is 39.3 Å². The van der Waals surface area contributed by atoms with Gasteiger partial charge in [-0.15, -0.1) is 11.8 Å². The molecule has 0 aromatic carbocycles. The van der Waals surface area contributed by atoms with Crippen LogP contribution in [0.3, 0.4) is 0 Å². The Morgan fingerprint density at radius 2 is 1.96 bits per heavy atom. The highest BCUT2D eigenvalue weighted by Gasteiger charge is 2.28. The second kappa shape index (κ2) is 8.16. The number of thioether (sulfide) groups is 1. The van der Waals surface area contributed by atoms with Crippen molar-refractivity contribution in [1.29, 1.82) is 0 Å². The van der Waals surface area contributed by atoms with Gasteiger partial charge in [-0.2, -0.15) is 0 Å². The molecule has 0 spiro atoms. The number of aromatic nitrogens is 2. The van der Waals surface area contributed by atoms with Crippen molar-refractivity contribution in [3.05, 3.63) is 18.1 Å². The molecule has 2 rings (SSSR count). The Bertz CT molecular complexity index is 554. The Hall–Kier alpha value is -1.34. The average Bonchev–Trinajstić information content (AvgIpc) is 2.54. The molecule has 6 nitrogen and oxygen atoms in total. The third-order valence-electron chi connectivity index (χ3n) is 4.09. The van der Waals surface area contributed by atoms with Gasteiger partial charge >= 0.3 is 6.09 Å². The summed E-state index contributed by atoms with van der Waals surface area (Å²) in [7, 11) is 1.84. The number of rotatable bonds is 4. The first-order valence-corrected chi connectivity index (χ1v) is 9.54. The van der Waals surface area contributed by atoms with Gasteiger partial charge in [-0.05, 0) is 39.9 Å². The van der Waals surface area contributed by atoms with Gasteiger partial charge in [0.2, 0.25) is 0 Å². The summed E-state index contributed by atoms with van der Waals surface area (Å²) in [6.07, 6.45) is 7.17. The first kappa shape index (κ1) is 19.0. The fraction of sp³-hybridized carbons (Fsp3) is 0.706. The largest absolute Gasteiger partial charge is 0.444 e. The Morgan fingerprint density at radius 1 is 1.33 bits per heavy atom. The third-order valence-corrected chi connectivity index (χ3v) is 4.82. The number of nitrogens with zero attached hydrogens (tertiary/aromatic N) is 4. The van der Waals surface area contributed by atoms with E-state index < -0.39 is 5.60 Å². The summed E-state index contributed by atoms with van der Waals surface area (Å²) in [4.78, 5) is 25.1. The molecular formula is C17H28N4O2S. The van der Waals surface area contributed by atoms with Crippen molar-refractivity contribution in [1.82, 2.24) is 19.8 Å². The Morgan fingerprint density at radius 3 is 2.54 bits per heavy atom. The Balaban J connectivity index is 1.86. The smallest absolute Gasteiger partial charge is 0.410 e. The first-order valence-electron chi connectivity index (χ1n) is 8.32. The van der Waals surface area contributed by atoms with Crippen LogP contribution in [-0.4, -0.2) is 63.9 Å². The monoisotopic (exact) mass is 352 g/mol. The van der Waals surface area contributed by atoms with Crippen LogP contribution >= 0.6 is 11.8 Å². The number of amides is 1. The molecule has 1 aromatic heterocycles. The molecule has 134 valence electrons. The van der Waals surface area contributed by atoms with E-state index in [0.29, 0.717) is 0 Å². The predicted octanol–water partition coefficient (Wildman–Crippen LogP) is 3.03. The van der Waals surface area contributed by atoms with Gasteiger partial charge in [-0.3, -0.25) is 9.88 Å². The lowest BCUT2D eigenvalue weighted by Crippen LogP contribution is -2.46. The van der Waals surface area contributed by atoms with E-state index >= 15 is 0 Å². The molecule has 1 amide bonds. The third kappa shape index (κ3) is 5.34. The number of ether oxygens (including phenoxy) is 1. The van der Waals surface area contributed by atoms with Crippen LogP contribution < -0.4 is 0 Å². The fourth-order valence-electron chi connectivity index (χ4n) is 2.79. The predicted molar refractivity (Wildman–Crippen MR) is 96.1 cm³/mol. The maximum atomic E-state index is 12.2. The average molecular weight is 353 g/mol. The lowest BCUT2D eigenvalue weighted by Gasteiger charge is -2.37. The van der Waals surface area contributed by atoms with E-state index in [-0.39, 0.29) is 12.1 Å². The SMILES string of the molecule is CSc1nccnc1CN1CCC(N(C)C(=O)OC(C)(C)C)CC1. The Labute approximate surface area is 149 Å². The van der Waals surface area contributed by atoms with Crippen molar-refractivity contribution in [2.75, 3.05) is 26.4 Å². The highest BCUT2D eigenvalue weighted by atomic mass is 32.2. The molecule has 0 saturated carbocycles. The van der Waals surface area contributed by atoms with Crippen LogP contribution in [0.25, 0.3) is 0 Å². The summed E-state index contributed by atoms with van der Waals surface area (Å²) in [6.45, 7) is 8.39. The van der Waals surface area contributed by atoms with Crippen molar-refractivity contribution in [3.8, 4) is 0 Å². The molecule has 0 aliphatic carbocycles. The summed E-state index contributed by atoms with van der Waals surface area (Å²) < 4.78 is 5.46. The highest BCUT2D eigenvalue weighted by Crippen LogP contribution is 2.21. The van der Waals surface area contributed by atoms with E-state index in [2.05, 4.69) is 14.9 Å². The van der Waals surface area contributed by atoms with Gasteiger partial charge in [0.25, 0.3) is 0 Å². The van der Waals surface area contributed by atoms with Crippen LogP contribution in [0, 0.1) is 0 Å². The summed E-state index contributed by atoms with van der Waals surface area (Å²) in [5.41, 5.74) is 0.579. The number of carbonyl (C=O) groups is 1. The van der Waals surface area contributed by atoms with Gasteiger partial charge in [0.1, 0.15) is 10.6 Å². The number of likely N-dealkylation sites (tertiary alicyclic amines) is 1. The summed E-state index contributed by atoms with van der Waals surface area (Å²) in [5.74, 6) is 0. The van der Waals surface area contributed by atoms with E-state index in [1.54, 1.807) is 29.1 Å². The van der Waals surface area contributed by atoms with Crippen molar-refractivity contribution in [2.45, 2.75) is 56.8 Å². The van der Waals surface area contributed by atoms with Crippen LogP contribution in [0.5, 0.6) is 0 Å². The Kier molecular flexibility index (Phi) is 6.46. The minimum Gasteiger partial charge on any atom is -0.444 e. The van der Waals surface area contributed by atoms with E-state index in [0.717, 1.165) is 43.2 Å². The molecule has 0 N–H and O–H groups in total. The molecule has 1 fully saturated rings. The van der Waals surface area contributed by atoms with Gasteiger partial charge in [0.05, 0.1) is 5.69 Å². The maximum absolute atomic E-state index is 12.2. The lowest BCUT2D eigenvalue weighted by atomic mass is 10.0. The standard InChI is InChI=1S/C17H28N4O2S/c1-17(2,3)23-16(22)20(4)13-6-10-21(11-7-13)12-14-15(24-5)19-9-8-18-14/h8-9,13H,6-7,10-12H2,1-5H3. The topological polar surface area (TPSA) is 58.6 Å². The van der Waals surface area contributed by atoms with Crippen molar-refractivity contribution >= 4 is 17.9 Å². The molecule has 0 radical (unpaired) electrons. The van der Waals surface area contributed by atoms with Crippen molar-refractivity contribution in [2.24, 2.45) is 0 Å². The van der Waals surface area contributed by atoms with Gasteiger partial charge < -0.3 is 9.64 Å². The van der Waals surface area contributed by atoms with E-state index in [9.17, 15) is 4.79 Å². The van der Waals surface area contributed by atoms with Crippen molar-refractivity contribution in [3.63, 3.8) is 0 Å². The molecule has 1 saturated heterocycles. The quantitative estimate of drug-likeness (QED) is 0.776. The molecule has 1 aliphatic heterocycles. The molecule has 0 bridgehead atoms. The van der Waals surface area contributed by atoms with E-state index in [1.165, 1.54) is 0 Å². The second-order valence-corrected chi connectivity index (χ2v) is 7.91. The highest BCUT2D eigenvalue weighted by molar-refractivity contribution is 7.98. The number of piperidine rings is 1. The molecule has 2 heterocycles. The normalized spacial score (nSPS) is 16.9. The zero-order chi connectivity index (χ0) is 17.7. The molecule has 1 aliphatic rings. The summed E-state index contributed by atoms with van der Waals surface area (Å²) in [5, 5.41) is 0.991. The fourth-order valence-corrected chi connectivity index (χ4v) is 3.31. The van der Waals surface area contributed by atoms with E-state index in [4.69, 9.17) is 4.74 Å². The van der Waals surface area contributed by atoms with Crippen LogP contribution in [-0.2, 0) is 11.3 Å².